The van der Waals surface area contributed by atoms with E-state index in [1.807, 2.05) is 0 Å². The molecule has 0 radical (unpaired) electrons. The Morgan fingerprint density at radius 2 is 1.18 bits per heavy atom. The van der Waals surface area contributed by atoms with Crippen molar-refractivity contribution in [2.45, 2.75) is 6.92 Å². The molecule has 0 saturated heterocycles. The molecule has 0 amide bonds. The first-order chi connectivity index (χ1) is 8.06. The summed E-state index contributed by atoms with van der Waals surface area (Å²) in [4.78, 5) is 9.00. The second kappa shape index (κ2) is 24.5. The molecule has 0 aliphatic carbocycles. The molecule has 0 bridgehead atoms. The molecule has 0 aromatic carbocycles. The van der Waals surface area contributed by atoms with Gasteiger partial charge in [-0.05, 0) is 0 Å². The second-order valence-electron chi connectivity index (χ2n) is 2.60. The van der Waals surface area contributed by atoms with E-state index in [0.717, 1.165) is 6.92 Å². The quantitative estimate of drug-likeness (QED) is 0.520. The standard InChI is InChI=1S/C6H14O4.C2H4O2.C2H6O/c7-1-3-9-5-6-10-4-2-8;1-2(3)4;1-3-2/h7-8H,1-6H2;1H3,(H,3,4);1-2H3. The van der Waals surface area contributed by atoms with E-state index < -0.39 is 5.97 Å². The summed E-state index contributed by atoms with van der Waals surface area (Å²) in [5.74, 6) is -0.833. The van der Waals surface area contributed by atoms with Gasteiger partial charge in [-0.3, -0.25) is 4.79 Å². The highest BCUT2D eigenvalue weighted by Crippen LogP contribution is 1.76. The average molecular weight is 256 g/mol. The van der Waals surface area contributed by atoms with Gasteiger partial charge < -0.3 is 29.5 Å². The first-order valence-electron chi connectivity index (χ1n) is 5.03. The van der Waals surface area contributed by atoms with Gasteiger partial charge in [0.15, 0.2) is 0 Å². The van der Waals surface area contributed by atoms with Gasteiger partial charge in [0.1, 0.15) is 0 Å². The van der Waals surface area contributed by atoms with Gasteiger partial charge in [-0.1, -0.05) is 0 Å². The van der Waals surface area contributed by atoms with E-state index in [-0.39, 0.29) is 13.2 Å². The van der Waals surface area contributed by atoms with Crippen molar-refractivity contribution >= 4 is 5.97 Å². The SMILES string of the molecule is CC(=O)O.COC.OCCOCCOCCO. The first-order valence-corrected chi connectivity index (χ1v) is 5.03. The summed E-state index contributed by atoms with van der Waals surface area (Å²) in [6, 6.07) is 0. The van der Waals surface area contributed by atoms with E-state index in [4.69, 9.17) is 29.6 Å². The van der Waals surface area contributed by atoms with Crippen molar-refractivity contribution in [3.63, 3.8) is 0 Å². The minimum atomic E-state index is -0.833. The molecule has 0 fully saturated rings. The molecule has 0 aromatic heterocycles. The van der Waals surface area contributed by atoms with Gasteiger partial charge in [0.25, 0.3) is 5.97 Å². The Morgan fingerprint density at radius 1 is 0.941 bits per heavy atom. The molecule has 17 heavy (non-hydrogen) atoms. The zero-order valence-electron chi connectivity index (χ0n) is 10.7. The lowest BCUT2D eigenvalue weighted by atomic mass is 10.7. The molecule has 0 saturated carbocycles. The molecular weight excluding hydrogens is 232 g/mol. The van der Waals surface area contributed by atoms with E-state index in [2.05, 4.69) is 4.74 Å². The lowest BCUT2D eigenvalue weighted by Crippen LogP contribution is -2.09. The Labute approximate surface area is 102 Å². The Balaban J connectivity index is -0.000000232. The fraction of sp³-hybridized carbons (Fsp3) is 0.900. The molecule has 0 aliphatic rings. The summed E-state index contributed by atoms with van der Waals surface area (Å²) in [5, 5.41) is 23.9. The van der Waals surface area contributed by atoms with Crippen LogP contribution in [0.15, 0.2) is 0 Å². The number of carbonyl (C=O) groups is 1. The summed E-state index contributed by atoms with van der Waals surface area (Å²) in [6.45, 7) is 2.81. The summed E-state index contributed by atoms with van der Waals surface area (Å²) in [7, 11) is 3.25. The molecule has 0 aromatic rings. The smallest absolute Gasteiger partial charge is 0.300 e. The van der Waals surface area contributed by atoms with Crippen molar-refractivity contribution in [3.8, 4) is 0 Å². The number of carboxylic acids is 1. The van der Waals surface area contributed by atoms with Crippen LogP contribution in [0.4, 0.5) is 0 Å². The molecule has 7 heteroatoms. The minimum absolute atomic E-state index is 0.0417. The predicted molar refractivity (Wildman–Crippen MR) is 62.1 cm³/mol. The summed E-state index contributed by atoms with van der Waals surface area (Å²) < 4.78 is 14.0. The number of aliphatic hydroxyl groups excluding tert-OH is 2. The first kappa shape index (κ1) is 21.5. The topological polar surface area (TPSA) is 105 Å². The molecule has 3 N–H and O–H groups in total. The molecule has 0 spiro atoms. The number of carboxylic acid groups (broad SMARTS) is 1. The Morgan fingerprint density at radius 3 is 1.35 bits per heavy atom. The second-order valence-corrected chi connectivity index (χ2v) is 2.60. The molecular formula is C10H24O7. The third-order valence-corrected chi connectivity index (χ3v) is 0.843. The highest BCUT2D eigenvalue weighted by Gasteiger charge is 1.86. The number of aliphatic hydroxyl groups is 2. The lowest BCUT2D eigenvalue weighted by molar-refractivity contribution is -0.134. The van der Waals surface area contributed by atoms with Crippen LogP contribution in [0.25, 0.3) is 0 Å². The largest absolute Gasteiger partial charge is 0.481 e. The van der Waals surface area contributed by atoms with Gasteiger partial charge in [-0.15, -0.1) is 0 Å². The normalized spacial score (nSPS) is 8.53. The molecule has 0 aliphatic heterocycles. The van der Waals surface area contributed by atoms with E-state index in [1.165, 1.54) is 0 Å². The average Bonchev–Trinajstić information content (AvgIpc) is 2.24. The van der Waals surface area contributed by atoms with E-state index in [1.54, 1.807) is 14.2 Å². The molecule has 0 unspecified atom stereocenters. The van der Waals surface area contributed by atoms with Crippen LogP contribution < -0.4 is 0 Å². The van der Waals surface area contributed by atoms with Gasteiger partial charge in [-0.25, -0.2) is 0 Å². The lowest BCUT2D eigenvalue weighted by Gasteiger charge is -2.01. The Kier molecular flexibility index (Phi) is 31.0. The molecule has 106 valence electrons. The summed E-state index contributed by atoms with van der Waals surface area (Å²) in [6.07, 6.45) is 0. The van der Waals surface area contributed by atoms with E-state index in [9.17, 15) is 0 Å². The van der Waals surface area contributed by atoms with Crippen molar-refractivity contribution in [2.24, 2.45) is 0 Å². The predicted octanol–water partition coefficient (Wildman–Crippen LogP) is -0.642. The van der Waals surface area contributed by atoms with Crippen molar-refractivity contribution in [1.29, 1.82) is 0 Å². The highest BCUT2D eigenvalue weighted by atomic mass is 16.5. The van der Waals surface area contributed by atoms with Crippen LogP contribution in [0, 0.1) is 0 Å². The van der Waals surface area contributed by atoms with Crippen molar-refractivity contribution < 1.29 is 34.3 Å². The number of rotatable bonds is 7. The zero-order valence-corrected chi connectivity index (χ0v) is 10.7. The van der Waals surface area contributed by atoms with Gasteiger partial charge in [0, 0.05) is 21.1 Å². The zero-order chi connectivity index (χ0) is 13.9. The minimum Gasteiger partial charge on any atom is -0.481 e. The number of hydrogen-bond acceptors (Lipinski definition) is 6. The van der Waals surface area contributed by atoms with Crippen LogP contribution in [0.1, 0.15) is 6.92 Å². The van der Waals surface area contributed by atoms with Gasteiger partial charge in [0.05, 0.1) is 39.6 Å². The van der Waals surface area contributed by atoms with Crippen molar-refractivity contribution in [1.82, 2.24) is 0 Å². The molecule has 7 nitrogen and oxygen atoms in total. The monoisotopic (exact) mass is 256 g/mol. The van der Waals surface area contributed by atoms with Crippen LogP contribution in [0.2, 0.25) is 0 Å². The van der Waals surface area contributed by atoms with Gasteiger partial charge in [0.2, 0.25) is 0 Å². The third-order valence-electron chi connectivity index (χ3n) is 0.843. The molecule has 0 rings (SSSR count). The fourth-order valence-electron chi connectivity index (χ4n) is 0.451. The summed E-state index contributed by atoms with van der Waals surface area (Å²) >= 11 is 0. The maximum atomic E-state index is 9.00. The van der Waals surface area contributed by atoms with Crippen LogP contribution in [0.3, 0.4) is 0 Å². The Bertz CT molecular complexity index is 118. The van der Waals surface area contributed by atoms with Gasteiger partial charge >= 0.3 is 0 Å². The van der Waals surface area contributed by atoms with Crippen LogP contribution >= 0.6 is 0 Å². The van der Waals surface area contributed by atoms with E-state index in [0.29, 0.717) is 26.4 Å². The van der Waals surface area contributed by atoms with Crippen LogP contribution in [0.5, 0.6) is 0 Å². The Hall–Kier alpha value is -0.730. The maximum Gasteiger partial charge on any atom is 0.300 e. The van der Waals surface area contributed by atoms with E-state index >= 15 is 0 Å². The number of ether oxygens (including phenoxy) is 3. The number of aliphatic carboxylic acids is 1. The molecule has 0 heterocycles. The van der Waals surface area contributed by atoms with Crippen LogP contribution in [-0.2, 0) is 19.0 Å². The van der Waals surface area contributed by atoms with Gasteiger partial charge in [-0.2, -0.15) is 0 Å². The maximum absolute atomic E-state index is 9.00. The van der Waals surface area contributed by atoms with Crippen molar-refractivity contribution in [3.05, 3.63) is 0 Å². The van der Waals surface area contributed by atoms with Crippen molar-refractivity contribution in [2.75, 3.05) is 53.9 Å². The van der Waals surface area contributed by atoms with Crippen LogP contribution in [-0.4, -0.2) is 75.1 Å². The highest BCUT2D eigenvalue weighted by molar-refractivity contribution is 5.62. The molecule has 0 atom stereocenters. The third kappa shape index (κ3) is 68.4. The number of methoxy groups -OCH3 is 1. The number of hydrogen-bond donors (Lipinski definition) is 3. The summed E-state index contributed by atoms with van der Waals surface area (Å²) in [5.41, 5.74) is 0. The fourth-order valence-corrected chi connectivity index (χ4v) is 0.451.